The number of benzene rings is 1. The van der Waals surface area contributed by atoms with Crippen molar-refractivity contribution in [2.45, 2.75) is 84.1 Å². The summed E-state index contributed by atoms with van der Waals surface area (Å²) < 4.78 is 0. The lowest BCUT2D eigenvalue weighted by Crippen LogP contribution is -2.20. The number of unbranched alkanes of at least 4 members (excludes halogenated alkanes) is 5. The lowest BCUT2D eigenvalue weighted by Gasteiger charge is -2.20. The summed E-state index contributed by atoms with van der Waals surface area (Å²) >= 11 is 0. The van der Waals surface area contributed by atoms with Crippen LogP contribution in [0.3, 0.4) is 0 Å². The summed E-state index contributed by atoms with van der Waals surface area (Å²) in [7, 11) is 0. The van der Waals surface area contributed by atoms with Crippen molar-refractivity contribution in [3.63, 3.8) is 0 Å². The van der Waals surface area contributed by atoms with Crippen molar-refractivity contribution in [2.24, 2.45) is 0 Å². The minimum Gasteiger partial charge on any atom is -0.310 e. The zero-order valence-electron chi connectivity index (χ0n) is 14.1. The molecule has 0 radical (unpaired) electrons. The van der Waals surface area contributed by atoms with Gasteiger partial charge in [-0.1, -0.05) is 57.2 Å². The van der Waals surface area contributed by atoms with E-state index in [1.165, 1.54) is 69.8 Å². The maximum absolute atomic E-state index is 3.70. The van der Waals surface area contributed by atoms with E-state index >= 15 is 0 Å². The highest BCUT2D eigenvalue weighted by Gasteiger charge is 2.11. The number of fused-ring (bicyclic) bond motifs is 1. The molecule has 1 N–H and O–H groups in total. The van der Waals surface area contributed by atoms with E-state index in [1.807, 2.05) is 0 Å². The molecule has 1 nitrogen and oxygen atoms in total. The van der Waals surface area contributed by atoms with Crippen molar-refractivity contribution in [1.29, 1.82) is 0 Å². The fraction of sp³-hybridized carbons (Fsp3) is 0.700. The Balaban J connectivity index is 1.69. The van der Waals surface area contributed by atoms with Crippen LogP contribution in [0, 0.1) is 0 Å². The lowest BCUT2D eigenvalue weighted by atomic mass is 9.89. The van der Waals surface area contributed by atoms with Gasteiger partial charge in [0, 0.05) is 6.04 Å². The van der Waals surface area contributed by atoms with Crippen molar-refractivity contribution in [3.8, 4) is 0 Å². The first-order chi connectivity index (χ1) is 10.3. The van der Waals surface area contributed by atoms with Gasteiger partial charge in [-0.05, 0) is 62.3 Å². The summed E-state index contributed by atoms with van der Waals surface area (Å²) in [5.41, 5.74) is 4.67. The lowest BCUT2D eigenvalue weighted by molar-refractivity contribution is 0.526. The Morgan fingerprint density at radius 2 is 1.67 bits per heavy atom. The molecule has 1 heteroatoms. The topological polar surface area (TPSA) is 12.0 Å². The van der Waals surface area contributed by atoms with Crippen molar-refractivity contribution < 1.29 is 0 Å². The maximum Gasteiger partial charge on any atom is 0.0291 e. The van der Waals surface area contributed by atoms with Gasteiger partial charge < -0.3 is 5.32 Å². The van der Waals surface area contributed by atoms with Crippen LogP contribution >= 0.6 is 0 Å². The van der Waals surface area contributed by atoms with Crippen molar-refractivity contribution in [3.05, 3.63) is 34.9 Å². The molecule has 21 heavy (non-hydrogen) atoms. The van der Waals surface area contributed by atoms with Crippen molar-refractivity contribution in [2.75, 3.05) is 6.54 Å². The standard InChI is InChI=1S/C20H33N/c1-3-4-5-6-7-10-15-21-17(2)19-14-13-18-11-8-9-12-20(18)16-19/h13-14,16-17,21H,3-12,15H2,1-2H3. The van der Waals surface area contributed by atoms with Crippen molar-refractivity contribution >= 4 is 0 Å². The summed E-state index contributed by atoms with van der Waals surface area (Å²) in [6, 6.07) is 7.65. The molecule has 0 fully saturated rings. The molecule has 0 spiro atoms. The van der Waals surface area contributed by atoms with Gasteiger partial charge in [0.05, 0.1) is 0 Å². The van der Waals surface area contributed by atoms with Crippen molar-refractivity contribution in [1.82, 2.24) is 5.32 Å². The SMILES string of the molecule is CCCCCCCCNC(C)c1ccc2c(c1)CCCC2. The summed E-state index contributed by atoms with van der Waals surface area (Å²) in [5.74, 6) is 0. The Morgan fingerprint density at radius 3 is 2.48 bits per heavy atom. The number of aryl methyl sites for hydroxylation is 2. The highest BCUT2D eigenvalue weighted by molar-refractivity contribution is 5.35. The second kappa shape index (κ2) is 9.25. The Hall–Kier alpha value is -0.820. The Morgan fingerprint density at radius 1 is 0.952 bits per heavy atom. The first-order valence-corrected chi connectivity index (χ1v) is 9.16. The largest absolute Gasteiger partial charge is 0.310 e. The predicted octanol–water partition coefficient (Wildman–Crippen LogP) is 5.58. The zero-order valence-corrected chi connectivity index (χ0v) is 14.1. The van der Waals surface area contributed by atoms with E-state index in [9.17, 15) is 0 Å². The second-order valence-corrected chi connectivity index (χ2v) is 6.68. The smallest absolute Gasteiger partial charge is 0.0291 e. The quantitative estimate of drug-likeness (QED) is 0.585. The van der Waals surface area contributed by atoms with Gasteiger partial charge in [0.1, 0.15) is 0 Å². The molecule has 0 saturated heterocycles. The average Bonchev–Trinajstić information content (AvgIpc) is 2.53. The Kier molecular flexibility index (Phi) is 7.29. The molecule has 1 unspecified atom stereocenters. The molecule has 0 bridgehead atoms. The molecule has 2 rings (SSSR count). The molecular formula is C20H33N. The van der Waals surface area contributed by atoms with Crippen LogP contribution in [0.4, 0.5) is 0 Å². The van der Waals surface area contributed by atoms with E-state index in [2.05, 4.69) is 37.4 Å². The Bertz CT molecular complexity index is 410. The van der Waals surface area contributed by atoms with Crippen LogP contribution < -0.4 is 5.32 Å². The highest BCUT2D eigenvalue weighted by atomic mass is 14.9. The van der Waals surface area contributed by atoms with Gasteiger partial charge in [0.2, 0.25) is 0 Å². The van der Waals surface area contributed by atoms with Crippen LogP contribution in [0.5, 0.6) is 0 Å². The third kappa shape index (κ3) is 5.47. The summed E-state index contributed by atoms with van der Waals surface area (Å²) in [4.78, 5) is 0. The number of nitrogens with one attached hydrogen (secondary N) is 1. The molecule has 1 aromatic rings. The summed E-state index contributed by atoms with van der Waals surface area (Å²) in [6.07, 6.45) is 13.6. The number of rotatable bonds is 9. The van der Waals surface area contributed by atoms with Gasteiger partial charge in [0.15, 0.2) is 0 Å². The maximum atomic E-state index is 3.70. The van der Waals surface area contributed by atoms with Crippen LogP contribution in [0.15, 0.2) is 18.2 Å². The summed E-state index contributed by atoms with van der Waals surface area (Å²) in [5, 5.41) is 3.70. The minimum atomic E-state index is 0.493. The van der Waals surface area contributed by atoms with Gasteiger partial charge in [-0.15, -0.1) is 0 Å². The number of hydrogen-bond acceptors (Lipinski definition) is 1. The average molecular weight is 287 g/mol. The van der Waals surface area contributed by atoms with Gasteiger partial charge in [-0.25, -0.2) is 0 Å². The second-order valence-electron chi connectivity index (χ2n) is 6.68. The molecular weight excluding hydrogens is 254 g/mol. The van der Waals surface area contributed by atoms with Gasteiger partial charge in [-0.3, -0.25) is 0 Å². The van der Waals surface area contributed by atoms with Gasteiger partial charge in [0.25, 0.3) is 0 Å². The third-order valence-electron chi connectivity index (χ3n) is 4.85. The summed E-state index contributed by atoms with van der Waals surface area (Å²) in [6.45, 7) is 5.74. The fourth-order valence-electron chi connectivity index (χ4n) is 3.36. The molecule has 0 aromatic heterocycles. The predicted molar refractivity (Wildman–Crippen MR) is 92.9 cm³/mol. The van der Waals surface area contributed by atoms with Crippen LogP contribution in [0.25, 0.3) is 0 Å². The van der Waals surface area contributed by atoms with E-state index in [0.29, 0.717) is 6.04 Å². The molecule has 1 aliphatic carbocycles. The highest BCUT2D eigenvalue weighted by Crippen LogP contribution is 2.24. The first kappa shape index (κ1) is 16.5. The van der Waals surface area contributed by atoms with E-state index in [1.54, 1.807) is 11.1 Å². The van der Waals surface area contributed by atoms with E-state index in [0.717, 1.165) is 6.54 Å². The Labute approximate surface area is 131 Å². The molecule has 1 aliphatic rings. The molecule has 0 aliphatic heterocycles. The fourth-order valence-corrected chi connectivity index (χ4v) is 3.36. The van der Waals surface area contributed by atoms with E-state index in [-0.39, 0.29) is 0 Å². The van der Waals surface area contributed by atoms with Crippen LogP contribution in [0.2, 0.25) is 0 Å². The normalized spacial score (nSPS) is 15.7. The minimum absolute atomic E-state index is 0.493. The monoisotopic (exact) mass is 287 g/mol. The van der Waals surface area contributed by atoms with Crippen LogP contribution in [-0.4, -0.2) is 6.54 Å². The molecule has 1 aromatic carbocycles. The van der Waals surface area contributed by atoms with Crippen LogP contribution in [0.1, 0.15) is 87.9 Å². The van der Waals surface area contributed by atoms with E-state index < -0.39 is 0 Å². The molecule has 1 atom stereocenters. The molecule has 0 saturated carbocycles. The third-order valence-corrected chi connectivity index (χ3v) is 4.85. The van der Waals surface area contributed by atoms with E-state index in [4.69, 9.17) is 0 Å². The van der Waals surface area contributed by atoms with Crippen LogP contribution in [-0.2, 0) is 12.8 Å². The van der Waals surface area contributed by atoms with Gasteiger partial charge >= 0.3 is 0 Å². The molecule has 0 amide bonds. The number of hydrogen-bond donors (Lipinski definition) is 1. The molecule has 0 heterocycles. The molecule has 118 valence electrons. The van der Waals surface area contributed by atoms with Gasteiger partial charge in [-0.2, -0.15) is 0 Å². The first-order valence-electron chi connectivity index (χ1n) is 9.16. The zero-order chi connectivity index (χ0) is 14.9.